The van der Waals surface area contributed by atoms with Crippen LogP contribution in [0.5, 0.6) is 0 Å². The van der Waals surface area contributed by atoms with E-state index in [4.69, 9.17) is 0 Å². The molecule has 0 aromatic heterocycles. The predicted molar refractivity (Wildman–Crippen MR) is 235 cm³/mol. The number of anilines is 6. The molecule has 0 fully saturated rings. The standard InChI is InChI=1S/C50H40B2N2/c1-29-21-31(3)47(32(4)22-29)51-39-17-11-19-43-49(39)53(45-27-37-15-9-7-13-35(37)25-41(45)51)44-20-12-18-40-50(44)54(43)46-28-38-16-10-8-14-36(38)26-42(46)52(40)48-33(5)23-30(2)24-34(48)6/h7-28H,1-6H3. The van der Waals surface area contributed by atoms with Gasteiger partial charge in [0.2, 0.25) is 13.4 Å². The number of para-hydroxylation sites is 2. The first-order valence-corrected chi connectivity index (χ1v) is 19.3. The number of benzene rings is 8. The molecule has 0 unspecified atom stereocenters. The van der Waals surface area contributed by atoms with Crippen LogP contribution in [-0.2, 0) is 0 Å². The van der Waals surface area contributed by atoms with Crippen LogP contribution in [0.15, 0.2) is 133 Å². The molecule has 0 atom stereocenters. The summed E-state index contributed by atoms with van der Waals surface area (Å²) in [5, 5.41) is 5.09. The second-order valence-corrected chi connectivity index (χ2v) is 16.1. The molecule has 2 nitrogen and oxygen atoms in total. The molecule has 0 saturated carbocycles. The molecule has 11 rings (SSSR count). The van der Waals surface area contributed by atoms with Gasteiger partial charge < -0.3 is 9.80 Å². The van der Waals surface area contributed by atoms with Gasteiger partial charge in [-0.15, -0.1) is 0 Å². The van der Waals surface area contributed by atoms with Crippen molar-refractivity contribution in [2.75, 3.05) is 9.80 Å². The topological polar surface area (TPSA) is 6.48 Å². The monoisotopic (exact) mass is 690 g/mol. The summed E-state index contributed by atoms with van der Waals surface area (Å²) >= 11 is 0. The van der Waals surface area contributed by atoms with Gasteiger partial charge in [0, 0.05) is 11.4 Å². The molecule has 0 bridgehead atoms. The molecule has 256 valence electrons. The Labute approximate surface area is 318 Å². The molecule has 8 aromatic carbocycles. The van der Waals surface area contributed by atoms with Gasteiger partial charge in [0.05, 0.1) is 22.7 Å². The Morgan fingerprint density at radius 3 is 1.06 bits per heavy atom. The van der Waals surface area contributed by atoms with E-state index in [9.17, 15) is 0 Å². The number of hydrogen-bond donors (Lipinski definition) is 0. The van der Waals surface area contributed by atoms with Crippen molar-refractivity contribution >= 4 is 102 Å². The zero-order valence-electron chi connectivity index (χ0n) is 31.8. The third-order valence-corrected chi connectivity index (χ3v) is 12.6. The zero-order valence-corrected chi connectivity index (χ0v) is 31.8. The maximum Gasteiger partial charge on any atom is 0.247 e. The van der Waals surface area contributed by atoms with Crippen LogP contribution in [0.2, 0.25) is 0 Å². The van der Waals surface area contributed by atoms with Crippen LogP contribution in [0.3, 0.4) is 0 Å². The number of nitrogens with zero attached hydrogens (tertiary/aromatic N) is 2. The molecule has 54 heavy (non-hydrogen) atoms. The molecule has 3 aliphatic rings. The minimum absolute atomic E-state index is 0.0904. The summed E-state index contributed by atoms with van der Waals surface area (Å²) < 4.78 is 0. The molecule has 3 heterocycles. The minimum atomic E-state index is 0.0904. The third kappa shape index (κ3) is 4.25. The van der Waals surface area contributed by atoms with Gasteiger partial charge in [-0.2, -0.15) is 0 Å². The van der Waals surface area contributed by atoms with E-state index in [1.54, 1.807) is 0 Å². The lowest BCUT2D eigenvalue weighted by Crippen LogP contribution is -2.61. The summed E-state index contributed by atoms with van der Waals surface area (Å²) in [4.78, 5) is 5.24. The van der Waals surface area contributed by atoms with E-state index in [2.05, 4.69) is 185 Å². The van der Waals surface area contributed by atoms with Gasteiger partial charge in [0.25, 0.3) is 0 Å². The van der Waals surface area contributed by atoms with E-state index in [0.717, 1.165) is 0 Å². The summed E-state index contributed by atoms with van der Waals surface area (Å²) in [5.74, 6) is 0. The first kappa shape index (κ1) is 31.5. The van der Waals surface area contributed by atoms with E-state index in [1.807, 2.05) is 0 Å². The van der Waals surface area contributed by atoms with E-state index in [-0.39, 0.29) is 13.4 Å². The van der Waals surface area contributed by atoms with Crippen molar-refractivity contribution in [3.63, 3.8) is 0 Å². The molecule has 4 heteroatoms. The van der Waals surface area contributed by atoms with Gasteiger partial charge in [-0.3, -0.25) is 0 Å². The van der Waals surface area contributed by atoms with E-state index >= 15 is 0 Å². The summed E-state index contributed by atoms with van der Waals surface area (Å²) in [6.07, 6.45) is 0. The number of rotatable bonds is 2. The quantitative estimate of drug-likeness (QED) is 0.168. The van der Waals surface area contributed by atoms with Crippen LogP contribution >= 0.6 is 0 Å². The van der Waals surface area contributed by atoms with Gasteiger partial charge in [0.1, 0.15) is 0 Å². The van der Waals surface area contributed by atoms with Crippen molar-refractivity contribution < 1.29 is 0 Å². The second kappa shape index (κ2) is 11.3. The molecule has 0 amide bonds. The highest BCUT2D eigenvalue weighted by molar-refractivity contribution is 7.00. The summed E-state index contributed by atoms with van der Waals surface area (Å²) in [6, 6.07) is 51.3. The van der Waals surface area contributed by atoms with Crippen molar-refractivity contribution in [3.8, 4) is 0 Å². The molecule has 0 saturated heterocycles. The number of fused-ring (bicyclic) bond motifs is 8. The molecule has 0 N–H and O–H groups in total. The van der Waals surface area contributed by atoms with Crippen LogP contribution in [0, 0.1) is 41.5 Å². The largest absolute Gasteiger partial charge is 0.307 e. The molecule has 3 aliphatic heterocycles. The van der Waals surface area contributed by atoms with Crippen LogP contribution in [0.4, 0.5) is 34.1 Å². The fourth-order valence-electron chi connectivity index (χ4n) is 10.7. The zero-order chi connectivity index (χ0) is 36.6. The lowest BCUT2D eigenvalue weighted by Gasteiger charge is -2.49. The Morgan fingerprint density at radius 1 is 0.333 bits per heavy atom. The van der Waals surface area contributed by atoms with Crippen molar-refractivity contribution in [3.05, 3.63) is 167 Å². The van der Waals surface area contributed by atoms with Gasteiger partial charge in [-0.1, -0.05) is 154 Å². The van der Waals surface area contributed by atoms with Gasteiger partial charge >= 0.3 is 0 Å². The van der Waals surface area contributed by atoms with Gasteiger partial charge in [-0.25, -0.2) is 0 Å². The average molecular weight is 691 g/mol. The maximum absolute atomic E-state index is 2.62. The smallest absolute Gasteiger partial charge is 0.247 e. The number of aryl methyl sites for hydroxylation is 6. The summed E-state index contributed by atoms with van der Waals surface area (Å²) in [5.41, 5.74) is 23.9. The van der Waals surface area contributed by atoms with Crippen molar-refractivity contribution in [1.29, 1.82) is 0 Å². The average Bonchev–Trinajstić information content (AvgIpc) is 3.15. The predicted octanol–water partition coefficient (Wildman–Crippen LogP) is 8.76. The van der Waals surface area contributed by atoms with E-state index in [1.165, 1.54) is 122 Å². The fourth-order valence-corrected chi connectivity index (χ4v) is 10.7. The molecule has 0 spiro atoms. The minimum Gasteiger partial charge on any atom is -0.307 e. The van der Waals surface area contributed by atoms with Crippen LogP contribution in [0.25, 0.3) is 21.5 Å². The second-order valence-electron chi connectivity index (χ2n) is 16.1. The fraction of sp³-hybridized carbons (Fsp3) is 0.120. The highest BCUT2D eigenvalue weighted by Gasteiger charge is 2.47. The summed E-state index contributed by atoms with van der Waals surface area (Å²) in [7, 11) is 0. The Hall–Kier alpha value is -5.99. The Bertz CT molecular complexity index is 2700. The van der Waals surface area contributed by atoms with Crippen LogP contribution in [0.1, 0.15) is 33.4 Å². The first-order valence-electron chi connectivity index (χ1n) is 19.3. The molecular formula is C50H40B2N2. The molecule has 0 radical (unpaired) electrons. The van der Waals surface area contributed by atoms with Gasteiger partial charge in [-0.05, 0) is 109 Å². The lowest BCUT2D eigenvalue weighted by atomic mass is 9.33. The highest BCUT2D eigenvalue weighted by Crippen LogP contribution is 2.55. The summed E-state index contributed by atoms with van der Waals surface area (Å²) in [6.45, 7) is 13.8. The number of hydrogen-bond acceptors (Lipinski definition) is 2. The van der Waals surface area contributed by atoms with E-state index < -0.39 is 0 Å². The SMILES string of the molecule is Cc1cc(C)c(B2c3cc4ccccc4cc3N3c4cccc5c4N(c4cc6ccccc6cc4B5c4c(C)cc(C)cc4C)c4cccc2c43)c(C)c1. The van der Waals surface area contributed by atoms with Crippen LogP contribution in [-0.4, -0.2) is 13.4 Å². The van der Waals surface area contributed by atoms with Crippen molar-refractivity contribution in [2.45, 2.75) is 41.5 Å². The molecule has 8 aromatic rings. The highest BCUT2D eigenvalue weighted by atomic mass is 15.3. The third-order valence-electron chi connectivity index (χ3n) is 12.6. The molecule has 0 aliphatic carbocycles. The first-order chi connectivity index (χ1) is 26.3. The Balaban J connectivity index is 1.28. The lowest BCUT2D eigenvalue weighted by molar-refractivity contribution is 1.18. The Kier molecular flexibility index (Phi) is 6.57. The van der Waals surface area contributed by atoms with Crippen LogP contribution < -0.4 is 42.6 Å². The van der Waals surface area contributed by atoms with E-state index in [0.29, 0.717) is 0 Å². The maximum atomic E-state index is 2.62. The molecular weight excluding hydrogens is 650 g/mol. The van der Waals surface area contributed by atoms with Crippen molar-refractivity contribution in [1.82, 2.24) is 0 Å². The normalized spacial score (nSPS) is 13.6. The Morgan fingerprint density at radius 2 is 0.685 bits per heavy atom. The van der Waals surface area contributed by atoms with Crippen molar-refractivity contribution in [2.24, 2.45) is 0 Å². The van der Waals surface area contributed by atoms with Gasteiger partial charge in [0.15, 0.2) is 0 Å².